The minimum absolute atomic E-state index is 0.573. The van der Waals surface area contributed by atoms with Gasteiger partial charge in [-0.05, 0) is 19.0 Å². The van der Waals surface area contributed by atoms with Crippen molar-refractivity contribution in [3.05, 3.63) is 11.7 Å². The van der Waals surface area contributed by atoms with Crippen molar-refractivity contribution in [2.24, 2.45) is 5.92 Å². The molecule has 86 valence electrons. The van der Waals surface area contributed by atoms with Crippen LogP contribution in [0.2, 0.25) is 0 Å². The molecule has 1 aromatic rings. The van der Waals surface area contributed by atoms with Gasteiger partial charge in [-0.25, -0.2) is 0 Å². The van der Waals surface area contributed by atoms with Crippen molar-refractivity contribution >= 4 is 0 Å². The molecular formula is C11H21N3O. The molecule has 1 rings (SSSR count). The highest BCUT2D eigenvalue weighted by molar-refractivity contribution is 4.87. The quantitative estimate of drug-likeness (QED) is 0.722. The summed E-state index contributed by atoms with van der Waals surface area (Å²) in [6.07, 6.45) is 0.891. The third kappa shape index (κ3) is 4.00. The van der Waals surface area contributed by atoms with Crippen LogP contribution in [0.15, 0.2) is 4.52 Å². The molecule has 0 aromatic carbocycles. The maximum atomic E-state index is 5.20. The van der Waals surface area contributed by atoms with E-state index in [9.17, 15) is 0 Å². The lowest BCUT2D eigenvalue weighted by molar-refractivity contribution is 0.246. The van der Waals surface area contributed by atoms with E-state index in [-0.39, 0.29) is 0 Å². The summed E-state index contributed by atoms with van der Waals surface area (Å²) < 4.78 is 5.20. The van der Waals surface area contributed by atoms with E-state index in [1.165, 1.54) is 0 Å². The van der Waals surface area contributed by atoms with Gasteiger partial charge in [0.2, 0.25) is 5.89 Å². The Morgan fingerprint density at radius 1 is 1.27 bits per heavy atom. The van der Waals surface area contributed by atoms with E-state index in [1.54, 1.807) is 0 Å². The number of hydrogen-bond acceptors (Lipinski definition) is 4. The molecule has 0 aliphatic rings. The molecule has 0 spiro atoms. The Morgan fingerprint density at radius 2 is 1.93 bits per heavy atom. The summed E-state index contributed by atoms with van der Waals surface area (Å²) in [5.74, 6) is 2.13. The van der Waals surface area contributed by atoms with Crippen LogP contribution in [0, 0.1) is 5.92 Å². The lowest BCUT2D eigenvalue weighted by atomic mass is 10.1. The van der Waals surface area contributed by atoms with Crippen LogP contribution < -0.4 is 0 Å². The van der Waals surface area contributed by atoms with E-state index >= 15 is 0 Å². The van der Waals surface area contributed by atoms with Crippen LogP contribution in [-0.2, 0) is 13.0 Å². The normalized spacial score (nSPS) is 11.6. The van der Waals surface area contributed by atoms with Gasteiger partial charge in [0.05, 0.1) is 6.54 Å². The molecule has 1 heterocycles. The lowest BCUT2D eigenvalue weighted by Crippen LogP contribution is -2.22. The zero-order valence-corrected chi connectivity index (χ0v) is 10.2. The highest BCUT2D eigenvalue weighted by Gasteiger charge is 2.10. The predicted octanol–water partition coefficient (Wildman–Crippen LogP) is 2.11. The number of hydrogen-bond donors (Lipinski definition) is 0. The Hall–Kier alpha value is -0.900. The van der Waals surface area contributed by atoms with Gasteiger partial charge >= 0.3 is 0 Å². The van der Waals surface area contributed by atoms with Crippen molar-refractivity contribution in [1.82, 2.24) is 15.0 Å². The molecule has 0 aliphatic carbocycles. The predicted molar refractivity (Wildman–Crippen MR) is 59.5 cm³/mol. The highest BCUT2D eigenvalue weighted by atomic mass is 16.5. The molecule has 0 aliphatic heterocycles. The molecule has 4 heteroatoms. The average Bonchev–Trinajstić information content (AvgIpc) is 2.61. The van der Waals surface area contributed by atoms with Crippen LogP contribution in [0.3, 0.4) is 0 Å². The van der Waals surface area contributed by atoms with E-state index in [2.05, 4.69) is 42.7 Å². The molecule has 0 atom stereocenters. The first-order chi connectivity index (χ1) is 7.15. The fourth-order valence-electron chi connectivity index (χ4n) is 1.44. The van der Waals surface area contributed by atoms with Crippen molar-refractivity contribution in [2.75, 3.05) is 13.1 Å². The standard InChI is InChI=1S/C11H21N3O/c1-5-14(6-2)8-11-12-10(13-15-11)7-9(3)4/h9H,5-8H2,1-4H3. The lowest BCUT2D eigenvalue weighted by Gasteiger charge is -2.14. The van der Waals surface area contributed by atoms with Gasteiger partial charge in [0.1, 0.15) is 0 Å². The van der Waals surface area contributed by atoms with Crippen LogP contribution in [0.5, 0.6) is 0 Å². The van der Waals surface area contributed by atoms with Crippen molar-refractivity contribution in [1.29, 1.82) is 0 Å². The van der Waals surface area contributed by atoms with Gasteiger partial charge in [0.25, 0.3) is 0 Å². The molecule has 0 amide bonds. The van der Waals surface area contributed by atoms with Gasteiger partial charge in [-0.3, -0.25) is 4.90 Å². The fraction of sp³-hybridized carbons (Fsp3) is 0.818. The van der Waals surface area contributed by atoms with Crippen molar-refractivity contribution in [3.8, 4) is 0 Å². The first-order valence-corrected chi connectivity index (χ1v) is 5.69. The SMILES string of the molecule is CCN(CC)Cc1nc(CC(C)C)no1. The number of rotatable bonds is 6. The van der Waals surface area contributed by atoms with E-state index in [1.807, 2.05) is 0 Å². The van der Waals surface area contributed by atoms with Gasteiger partial charge in [-0.2, -0.15) is 4.98 Å². The Balaban J connectivity index is 2.52. The fourth-order valence-corrected chi connectivity index (χ4v) is 1.44. The van der Waals surface area contributed by atoms with Crippen molar-refractivity contribution in [2.45, 2.75) is 40.7 Å². The largest absolute Gasteiger partial charge is 0.338 e. The van der Waals surface area contributed by atoms with Crippen molar-refractivity contribution < 1.29 is 4.52 Å². The first-order valence-electron chi connectivity index (χ1n) is 5.69. The van der Waals surface area contributed by atoms with Gasteiger partial charge in [0.15, 0.2) is 5.82 Å². The smallest absolute Gasteiger partial charge is 0.240 e. The topological polar surface area (TPSA) is 42.2 Å². The molecule has 0 radical (unpaired) electrons. The van der Waals surface area contributed by atoms with Crippen LogP contribution in [0.25, 0.3) is 0 Å². The van der Waals surface area contributed by atoms with Gasteiger partial charge in [0, 0.05) is 6.42 Å². The first kappa shape index (κ1) is 12.2. The summed E-state index contributed by atoms with van der Waals surface area (Å²) in [6.45, 7) is 11.4. The second-order valence-electron chi connectivity index (χ2n) is 4.16. The second-order valence-corrected chi connectivity index (χ2v) is 4.16. The molecule has 0 N–H and O–H groups in total. The summed E-state index contributed by atoms with van der Waals surface area (Å²) in [5, 5.41) is 3.97. The molecule has 0 bridgehead atoms. The van der Waals surface area contributed by atoms with E-state index in [0.717, 1.165) is 37.8 Å². The molecule has 0 unspecified atom stereocenters. The summed E-state index contributed by atoms with van der Waals surface area (Å²) in [7, 11) is 0. The minimum atomic E-state index is 0.573. The van der Waals surface area contributed by atoms with E-state index in [4.69, 9.17) is 4.52 Å². The van der Waals surface area contributed by atoms with E-state index in [0.29, 0.717) is 5.92 Å². The van der Waals surface area contributed by atoms with Gasteiger partial charge in [-0.1, -0.05) is 32.9 Å². The zero-order chi connectivity index (χ0) is 11.3. The highest BCUT2D eigenvalue weighted by Crippen LogP contribution is 2.06. The summed E-state index contributed by atoms with van der Waals surface area (Å²) in [6, 6.07) is 0. The average molecular weight is 211 g/mol. The molecule has 15 heavy (non-hydrogen) atoms. The molecule has 0 saturated heterocycles. The van der Waals surface area contributed by atoms with Gasteiger partial charge in [-0.15, -0.1) is 0 Å². The maximum absolute atomic E-state index is 5.20. The molecule has 0 fully saturated rings. The second kappa shape index (κ2) is 5.85. The summed E-state index contributed by atoms with van der Waals surface area (Å²) in [5.41, 5.74) is 0. The minimum Gasteiger partial charge on any atom is -0.338 e. The molecule has 4 nitrogen and oxygen atoms in total. The third-order valence-electron chi connectivity index (χ3n) is 2.35. The van der Waals surface area contributed by atoms with Crippen LogP contribution >= 0.6 is 0 Å². The molecular weight excluding hydrogens is 190 g/mol. The maximum Gasteiger partial charge on any atom is 0.240 e. The van der Waals surface area contributed by atoms with Crippen LogP contribution in [0.4, 0.5) is 0 Å². The summed E-state index contributed by atoms with van der Waals surface area (Å²) >= 11 is 0. The Labute approximate surface area is 91.7 Å². The van der Waals surface area contributed by atoms with Gasteiger partial charge < -0.3 is 4.52 Å². The number of nitrogens with zero attached hydrogens (tertiary/aromatic N) is 3. The number of aromatic nitrogens is 2. The van der Waals surface area contributed by atoms with Crippen LogP contribution in [0.1, 0.15) is 39.4 Å². The van der Waals surface area contributed by atoms with E-state index < -0.39 is 0 Å². The Kier molecular flexibility index (Phi) is 4.75. The summed E-state index contributed by atoms with van der Waals surface area (Å²) in [4.78, 5) is 6.62. The van der Waals surface area contributed by atoms with Crippen molar-refractivity contribution in [3.63, 3.8) is 0 Å². The Morgan fingerprint density at radius 3 is 2.47 bits per heavy atom. The molecule has 1 aromatic heterocycles. The third-order valence-corrected chi connectivity index (χ3v) is 2.35. The van der Waals surface area contributed by atoms with Crippen LogP contribution in [-0.4, -0.2) is 28.1 Å². The Bertz CT molecular complexity index is 279. The molecule has 0 saturated carbocycles. The zero-order valence-electron chi connectivity index (χ0n) is 10.2. The monoisotopic (exact) mass is 211 g/mol.